The van der Waals surface area contributed by atoms with Crippen molar-refractivity contribution in [2.24, 2.45) is 5.92 Å². The Morgan fingerprint density at radius 2 is 1.55 bits per heavy atom. The molecule has 0 radical (unpaired) electrons. The highest BCUT2D eigenvalue weighted by molar-refractivity contribution is 7.87. The molecule has 0 aromatic carbocycles. The van der Waals surface area contributed by atoms with Gasteiger partial charge in [-0.25, -0.2) is 4.72 Å². The van der Waals surface area contributed by atoms with Crippen LogP contribution in [0.4, 0.5) is 0 Å². The van der Waals surface area contributed by atoms with Gasteiger partial charge in [-0.3, -0.25) is 0 Å². The van der Waals surface area contributed by atoms with Gasteiger partial charge in [0.2, 0.25) is 0 Å². The summed E-state index contributed by atoms with van der Waals surface area (Å²) in [5.41, 5.74) is 0. The van der Waals surface area contributed by atoms with Crippen molar-refractivity contribution in [3.63, 3.8) is 0 Å². The van der Waals surface area contributed by atoms with E-state index in [9.17, 15) is 8.42 Å². The van der Waals surface area contributed by atoms with Gasteiger partial charge in [-0.15, -0.1) is 0 Å². The first-order valence-electron chi connectivity index (χ1n) is 8.34. The third kappa shape index (κ3) is 6.55. The number of hydrogen-bond donors (Lipinski definition) is 1. The van der Waals surface area contributed by atoms with Gasteiger partial charge in [-0.05, 0) is 31.6 Å². The topological polar surface area (TPSA) is 49.4 Å². The summed E-state index contributed by atoms with van der Waals surface area (Å²) in [6, 6.07) is 0. The van der Waals surface area contributed by atoms with Crippen molar-refractivity contribution < 1.29 is 8.42 Å². The molecule has 1 saturated carbocycles. The molecule has 1 aliphatic rings. The molecule has 0 amide bonds. The molecule has 1 N–H and O–H groups in total. The van der Waals surface area contributed by atoms with Gasteiger partial charge in [0, 0.05) is 19.6 Å². The fourth-order valence-electron chi connectivity index (χ4n) is 2.73. The molecular weight excluding hydrogens is 272 g/mol. The molecule has 120 valence electrons. The molecule has 5 heteroatoms. The van der Waals surface area contributed by atoms with E-state index in [0.717, 1.165) is 25.7 Å². The molecule has 0 spiro atoms. The molecule has 0 heterocycles. The van der Waals surface area contributed by atoms with E-state index >= 15 is 0 Å². The number of rotatable bonds is 10. The number of nitrogens with zero attached hydrogens (tertiary/aromatic N) is 1. The lowest BCUT2D eigenvalue weighted by molar-refractivity contribution is 0.345. The largest absolute Gasteiger partial charge is 0.279 e. The summed E-state index contributed by atoms with van der Waals surface area (Å²) in [5.74, 6) is 0.540. The van der Waals surface area contributed by atoms with Gasteiger partial charge >= 0.3 is 0 Å². The molecule has 0 atom stereocenters. The lowest BCUT2D eigenvalue weighted by Crippen LogP contribution is -2.43. The van der Waals surface area contributed by atoms with Crippen LogP contribution in [0.25, 0.3) is 0 Å². The van der Waals surface area contributed by atoms with Crippen LogP contribution in [0.5, 0.6) is 0 Å². The molecule has 20 heavy (non-hydrogen) atoms. The Morgan fingerprint density at radius 3 is 2.05 bits per heavy atom. The van der Waals surface area contributed by atoms with Crippen LogP contribution in [0.2, 0.25) is 0 Å². The van der Waals surface area contributed by atoms with E-state index in [2.05, 4.69) is 18.6 Å². The van der Waals surface area contributed by atoms with Gasteiger partial charge < -0.3 is 0 Å². The monoisotopic (exact) mass is 304 g/mol. The van der Waals surface area contributed by atoms with Crippen LogP contribution in [0.15, 0.2) is 0 Å². The molecule has 1 aliphatic carbocycles. The maximum atomic E-state index is 12.4. The lowest BCUT2D eigenvalue weighted by atomic mass is 9.90. The zero-order valence-electron chi connectivity index (χ0n) is 13.2. The predicted molar refractivity (Wildman–Crippen MR) is 84.9 cm³/mol. The molecule has 0 aliphatic heterocycles. The minimum atomic E-state index is -3.28. The number of nitrogens with one attached hydrogen (secondary N) is 1. The van der Waals surface area contributed by atoms with E-state index in [0.29, 0.717) is 25.6 Å². The zero-order valence-corrected chi connectivity index (χ0v) is 14.1. The second-order valence-corrected chi connectivity index (χ2v) is 7.72. The van der Waals surface area contributed by atoms with Crippen molar-refractivity contribution in [2.45, 2.75) is 71.6 Å². The Labute approximate surface area is 125 Å². The van der Waals surface area contributed by atoms with Crippen LogP contribution in [0, 0.1) is 5.92 Å². The smallest absolute Gasteiger partial charge is 0.202 e. The van der Waals surface area contributed by atoms with E-state index < -0.39 is 10.2 Å². The summed E-state index contributed by atoms with van der Waals surface area (Å²) in [6.45, 7) is 6.12. The van der Waals surface area contributed by atoms with E-state index in [4.69, 9.17) is 0 Å². The number of unbranched alkanes of at least 4 members (excludes halogenated alkanes) is 2. The lowest BCUT2D eigenvalue weighted by Gasteiger charge is -2.25. The van der Waals surface area contributed by atoms with Crippen molar-refractivity contribution in [1.82, 2.24) is 9.03 Å². The van der Waals surface area contributed by atoms with Crippen LogP contribution < -0.4 is 4.72 Å². The first kappa shape index (κ1) is 17.9. The van der Waals surface area contributed by atoms with Crippen molar-refractivity contribution in [3.8, 4) is 0 Å². The summed E-state index contributed by atoms with van der Waals surface area (Å²) >= 11 is 0. The molecule has 0 aromatic heterocycles. The second-order valence-electron chi connectivity index (χ2n) is 5.96. The third-order valence-electron chi connectivity index (χ3n) is 4.14. The predicted octanol–water partition coefficient (Wildman–Crippen LogP) is 3.30. The average molecular weight is 305 g/mol. The summed E-state index contributed by atoms with van der Waals surface area (Å²) < 4.78 is 29.3. The SMILES string of the molecule is CCCCN(CCCC)S(=O)(=O)NCC1CCCCC1. The first-order chi connectivity index (χ1) is 9.60. The van der Waals surface area contributed by atoms with Crippen molar-refractivity contribution >= 4 is 10.2 Å². The minimum absolute atomic E-state index is 0.540. The second kappa shape index (κ2) is 9.74. The summed E-state index contributed by atoms with van der Waals surface area (Å²) in [7, 11) is -3.28. The average Bonchev–Trinajstić information content (AvgIpc) is 2.46. The Hall–Kier alpha value is -0.130. The van der Waals surface area contributed by atoms with E-state index in [1.54, 1.807) is 4.31 Å². The summed E-state index contributed by atoms with van der Waals surface area (Å²) in [4.78, 5) is 0. The first-order valence-corrected chi connectivity index (χ1v) is 9.79. The Morgan fingerprint density at radius 1 is 1.00 bits per heavy atom. The fraction of sp³-hybridized carbons (Fsp3) is 1.00. The van der Waals surface area contributed by atoms with Crippen LogP contribution in [0.1, 0.15) is 71.6 Å². The van der Waals surface area contributed by atoms with Crippen molar-refractivity contribution in [1.29, 1.82) is 0 Å². The maximum absolute atomic E-state index is 12.4. The zero-order chi connectivity index (χ0) is 14.8. The molecule has 4 nitrogen and oxygen atoms in total. The Kier molecular flexibility index (Phi) is 8.73. The summed E-state index contributed by atoms with van der Waals surface area (Å²) in [5, 5.41) is 0. The standard InChI is InChI=1S/C15H32N2O2S/c1-3-5-12-17(13-6-4-2)20(18,19)16-14-15-10-8-7-9-11-15/h15-16H,3-14H2,1-2H3. The molecular formula is C15H32N2O2S. The molecule has 0 unspecified atom stereocenters. The molecule has 0 saturated heterocycles. The molecule has 0 aromatic rings. The van der Waals surface area contributed by atoms with Gasteiger partial charge in [-0.1, -0.05) is 46.0 Å². The summed E-state index contributed by atoms with van der Waals surface area (Å²) in [6.07, 6.45) is 10.1. The highest BCUT2D eigenvalue weighted by Crippen LogP contribution is 2.23. The highest BCUT2D eigenvalue weighted by Gasteiger charge is 2.22. The van der Waals surface area contributed by atoms with Gasteiger partial charge in [0.15, 0.2) is 0 Å². The van der Waals surface area contributed by atoms with Crippen LogP contribution in [-0.4, -0.2) is 32.4 Å². The van der Waals surface area contributed by atoms with Gasteiger partial charge in [0.25, 0.3) is 10.2 Å². The van der Waals surface area contributed by atoms with E-state index in [1.165, 1.54) is 32.1 Å². The van der Waals surface area contributed by atoms with Crippen LogP contribution >= 0.6 is 0 Å². The Bertz CT molecular complexity index is 330. The Balaban J connectivity index is 2.47. The van der Waals surface area contributed by atoms with Crippen LogP contribution in [-0.2, 0) is 10.2 Å². The van der Waals surface area contributed by atoms with Crippen molar-refractivity contribution in [3.05, 3.63) is 0 Å². The van der Waals surface area contributed by atoms with Crippen molar-refractivity contribution in [2.75, 3.05) is 19.6 Å². The van der Waals surface area contributed by atoms with Crippen LogP contribution in [0.3, 0.4) is 0 Å². The van der Waals surface area contributed by atoms with Gasteiger partial charge in [0.05, 0.1) is 0 Å². The third-order valence-corrected chi connectivity index (χ3v) is 5.72. The number of hydrogen-bond acceptors (Lipinski definition) is 2. The maximum Gasteiger partial charge on any atom is 0.279 e. The minimum Gasteiger partial charge on any atom is -0.202 e. The van der Waals surface area contributed by atoms with Gasteiger partial charge in [-0.2, -0.15) is 12.7 Å². The van der Waals surface area contributed by atoms with Gasteiger partial charge in [0.1, 0.15) is 0 Å². The van der Waals surface area contributed by atoms with E-state index in [-0.39, 0.29) is 0 Å². The molecule has 1 fully saturated rings. The fourth-order valence-corrected chi connectivity index (χ4v) is 4.09. The normalized spacial score (nSPS) is 17.8. The van der Waals surface area contributed by atoms with E-state index in [1.807, 2.05) is 0 Å². The highest BCUT2D eigenvalue weighted by atomic mass is 32.2. The molecule has 0 bridgehead atoms. The molecule has 1 rings (SSSR count). The quantitative estimate of drug-likeness (QED) is 0.673.